The molecule has 0 bridgehead atoms. The molecule has 0 aliphatic rings. The van der Waals surface area contributed by atoms with Gasteiger partial charge in [-0.2, -0.15) is 0 Å². The van der Waals surface area contributed by atoms with Gasteiger partial charge >= 0.3 is 0 Å². The van der Waals surface area contributed by atoms with Gasteiger partial charge in [0.1, 0.15) is 5.82 Å². The van der Waals surface area contributed by atoms with Crippen molar-refractivity contribution in [2.45, 2.75) is 24.3 Å². The summed E-state index contributed by atoms with van der Waals surface area (Å²) in [6, 6.07) is 5.45. The molecular formula is C10H12FNO2S. The van der Waals surface area contributed by atoms with Crippen LogP contribution < -0.4 is 0 Å². The SMILES string of the molecule is CCC(CSc1ccc(F)cc1)[N+](=O)[O-]. The van der Waals surface area contributed by atoms with Crippen molar-refractivity contribution in [1.29, 1.82) is 0 Å². The monoisotopic (exact) mass is 229 g/mol. The molecule has 3 nitrogen and oxygen atoms in total. The third-order valence-electron chi connectivity index (χ3n) is 2.03. The van der Waals surface area contributed by atoms with E-state index in [1.54, 1.807) is 19.1 Å². The van der Waals surface area contributed by atoms with E-state index in [-0.39, 0.29) is 10.7 Å². The second-order valence-electron chi connectivity index (χ2n) is 3.11. The van der Waals surface area contributed by atoms with Gasteiger partial charge in [-0.1, -0.05) is 6.92 Å². The van der Waals surface area contributed by atoms with Crippen molar-refractivity contribution in [3.63, 3.8) is 0 Å². The molecule has 1 rings (SSSR count). The van der Waals surface area contributed by atoms with Gasteiger partial charge in [0.25, 0.3) is 0 Å². The Morgan fingerprint density at radius 1 is 1.47 bits per heavy atom. The molecule has 0 fully saturated rings. The predicted molar refractivity (Wildman–Crippen MR) is 58.2 cm³/mol. The summed E-state index contributed by atoms with van der Waals surface area (Å²) < 4.78 is 12.6. The minimum Gasteiger partial charge on any atom is -0.264 e. The molecule has 0 spiro atoms. The Hall–Kier alpha value is -1.10. The molecule has 0 radical (unpaired) electrons. The van der Waals surface area contributed by atoms with Crippen LogP contribution in [0.3, 0.4) is 0 Å². The maximum Gasteiger partial charge on any atom is 0.222 e. The number of nitro groups is 1. The van der Waals surface area contributed by atoms with E-state index in [9.17, 15) is 14.5 Å². The second-order valence-corrected chi connectivity index (χ2v) is 4.21. The zero-order valence-corrected chi connectivity index (χ0v) is 9.17. The van der Waals surface area contributed by atoms with Gasteiger partial charge in [-0.3, -0.25) is 10.1 Å². The molecule has 1 atom stereocenters. The van der Waals surface area contributed by atoms with Gasteiger partial charge in [0.15, 0.2) is 0 Å². The van der Waals surface area contributed by atoms with Gasteiger partial charge in [-0.05, 0) is 24.3 Å². The van der Waals surface area contributed by atoms with Gasteiger partial charge in [-0.25, -0.2) is 4.39 Å². The fraction of sp³-hybridized carbons (Fsp3) is 0.400. The molecule has 0 heterocycles. The number of thioether (sulfide) groups is 1. The van der Waals surface area contributed by atoms with E-state index in [1.165, 1.54) is 23.9 Å². The highest BCUT2D eigenvalue weighted by Crippen LogP contribution is 2.20. The quantitative estimate of drug-likeness (QED) is 0.443. The Morgan fingerprint density at radius 2 is 2.07 bits per heavy atom. The number of hydrogen-bond donors (Lipinski definition) is 0. The largest absolute Gasteiger partial charge is 0.264 e. The van der Waals surface area contributed by atoms with Crippen LogP contribution in [0.15, 0.2) is 29.2 Å². The van der Waals surface area contributed by atoms with Crippen molar-refractivity contribution in [2.24, 2.45) is 0 Å². The van der Waals surface area contributed by atoms with Crippen LogP contribution in [0.25, 0.3) is 0 Å². The summed E-state index contributed by atoms with van der Waals surface area (Å²) in [4.78, 5) is 11.1. The van der Waals surface area contributed by atoms with Crippen molar-refractivity contribution in [1.82, 2.24) is 0 Å². The van der Waals surface area contributed by atoms with E-state index in [1.807, 2.05) is 0 Å². The van der Waals surface area contributed by atoms with Crippen LogP contribution in [0.2, 0.25) is 0 Å². The minimum atomic E-state index is -0.528. The van der Waals surface area contributed by atoms with E-state index < -0.39 is 6.04 Å². The number of hydrogen-bond acceptors (Lipinski definition) is 3. The summed E-state index contributed by atoms with van der Waals surface area (Å²) in [6.45, 7) is 1.79. The van der Waals surface area contributed by atoms with E-state index in [4.69, 9.17) is 0 Å². The molecule has 1 unspecified atom stereocenters. The van der Waals surface area contributed by atoms with Crippen LogP contribution in [0.1, 0.15) is 13.3 Å². The average molecular weight is 229 g/mol. The summed E-state index contributed by atoms with van der Waals surface area (Å²) in [5, 5.41) is 10.5. The molecule has 82 valence electrons. The number of halogens is 1. The molecule has 15 heavy (non-hydrogen) atoms. The fourth-order valence-corrected chi connectivity index (χ4v) is 2.12. The minimum absolute atomic E-state index is 0.267. The fourth-order valence-electron chi connectivity index (χ4n) is 1.05. The Morgan fingerprint density at radius 3 is 2.53 bits per heavy atom. The van der Waals surface area contributed by atoms with Crippen LogP contribution in [-0.2, 0) is 0 Å². The zero-order valence-electron chi connectivity index (χ0n) is 8.35. The first-order chi connectivity index (χ1) is 7.13. The number of nitrogens with zero attached hydrogens (tertiary/aromatic N) is 1. The van der Waals surface area contributed by atoms with E-state index in [2.05, 4.69) is 0 Å². The Bertz CT molecular complexity index is 329. The molecule has 0 aliphatic carbocycles. The lowest BCUT2D eigenvalue weighted by Crippen LogP contribution is -2.20. The van der Waals surface area contributed by atoms with Gasteiger partial charge in [0, 0.05) is 16.2 Å². The maximum atomic E-state index is 12.6. The highest BCUT2D eigenvalue weighted by molar-refractivity contribution is 7.99. The van der Waals surface area contributed by atoms with Crippen molar-refractivity contribution < 1.29 is 9.31 Å². The first-order valence-corrected chi connectivity index (χ1v) is 5.64. The van der Waals surface area contributed by atoms with Crippen LogP contribution in [0, 0.1) is 15.9 Å². The van der Waals surface area contributed by atoms with E-state index in [0.717, 1.165) is 4.90 Å². The first kappa shape index (κ1) is 12.0. The number of rotatable bonds is 5. The highest BCUT2D eigenvalue weighted by Gasteiger charge is 2.17. The van der Waals surface area contributed by atoms with Crippen LogP contribution in [-0.4, -0.2) is 16.7 Å². The smallest absolute Gasteiger partial charge is 0.222 e. The summed E-state index contributed by atoms with van der Waals surface area (Å²) in [5.74, 6) is 0.135. The third-order valence-corrected chi connectivity index (χ3v) is 3.18. The predicted octanol–water partition coefficient (Wildman–Crippen LogP) is 2.97. The Labute approximate surface area is 91.8 Å². The molecule has 0 saturated carbocycles. The summed E-state index contributed by atoms with van der Waals surface area (Å²) in [7, 11) is 0. The average Bonchev–Trinajstić information content (AvgIpc) is 2.21. The molecular weight excluding hydrogens is 217 g/mol. The van der Waals surface area contributed by atoms with Gasteiger partial charge in [0.05, 0.1) is 5.75 Å². The van der Waals surface area contributed by atoms with Gasteiger partial charge < -0.3 is 0 Å². The molecule has 5 heteroatoms. The molecule has 0 aliphatic heterocycles. The molecule has 0 N–H and O–H groups in total. The maximum absolute atomic E-state index is 12.6. The molecule has 0 aromatic heterocycles. The topological polar surface area (TPSA) is 43.1 Å². The van der Waals surface area contributed by atoms with E-state index in [0.29, 0.717) is 12.2 Å². The first-order valence-electron chi connectivity index (χ1n) is 4.65. The van der Waals surface area contributed by atoms with Crippen molar-refractivity contribution >= 4 is 11.8 Å². The summed E-state index contributed by atoms with van der Waals surface area (Å²) in [5.41, 5.74) is 0. The summed E-state index contributed by atoms with van der Waals surface area (Å²) >= 11 is 1.38. The second kappa shape index (κ2) is 5.70. The molecule has 0 amide bonds. The van der Waals surface area contributed by atoms with Crippen molar-refractivity contribution in [3.8, 4) is 0 Å². The lowest BCUT2D eigenvalue weighted by molar-refractivity contribution is -0.516. The van der Waals surface area contributed by atoms with Crippen molar-refractivity contribution in [3.05, 3.63) is 40.2 Å². The standard InChI is InChI=1S/C10H12FNO2S/c1-2-9(12(13)14)7-15-10-5-3-8(11)4-6-10/h3-6,9H,2,7H2,1H3. The molecule has 1 aromatic rings. The Balaban J connectivity index is 2.49. The third kappa shape index (κ3) is 3.87. The van der Waals surface area contributed by atoms with Gasteiger partial charge in [-0.15, -0.1) is 11.8 Å². The van der Waals surface area contributed by atoms with Gasteiger partial charge in [0.2, 0.25) is 6.04 Å². The van der Waals surface area contributed by atoms with Crippen LogP contribution >= 0.6 is 11.8 Å². The normalized spacial score (nSPS) is 12.4. The van der Waals surface area contributed by atoms with Crippen molar-refractivity contribution in [2.75, 3.05) is 5.75 Å². The summed E-state index contributed by atoms with van der Waals surface area (Å²) in [6.07, 6.45) is 0.515. The van der Waals surface area contributed by atoms with Crippen LogP contribution in [0.5, 0.6) is 0 Å². The molecule has 0 saturated heterocycles. The Kier molecular flexibility index (Phi) is 4.55. The molecule has 1 aromatic carbocycles. The lowest BCUT2D eigenvalue weighted by Gasteiger charge is -2.06. The lowest BCUT2D eigenvalue weighted by atomic mass is 10.3. The number of benzene rings is 1. The van der Waals surface area contributed by atoms with Crippen LogP contribution in [0.4, 0.5) is 4.39 Å². The highest BCUT2D eigenvalue weighted by atomic mass is 32.2. The zero-order chi connectivity index (χ0) is 11.3. The van der Waals surface area contributed by atoms with E-state index >= 15 is 0 Å².